The fourth-order valence-electron chi connectivity index (χ4n) is 2.53. The Morgan fingerprint density at radius 1 is 1.63 bits per heavy atom. The molecule has 1 aliphatic heterocycles. The van der Waals surface area contributed by atoms with Crippen molar-refractivity contribution in [2.24, 2.45) is 0 Å². The van der Waals surface area contributed by atoms with Crippen LogP contribution in [0.5, 0.6) is 0 Å². The number of aromatic nitrogens is 1. The van der Waals surface area contributed by atoms with Gasteiger partial charge in [0.15, 0.2) is 0 Å². The number of piperidine rings is 1. The topological polar surface area (TPSA) is 55.3 Å². The second kappa shape index (κ2) is 6.73. The number of ether oxygens (including phenoxy) is 1. The number of rotatable bonds is 5. The second-order valence-electron chi connectivity index (χ2n) is 5.13. The Balaban J connectivity index is 1.93. The zero-order valence-corrected chi connectivity index (χ0v) is 11.7. The minimum Gasteiger partial charge on any atom is -0.383 e. The molecule has 19 heavy (non-hydrogen) atoms. The molecule has 2 rings (SSSR count). The van der Waals surface area contributed by atoms with E-state index in [1.807, 2.05) is 22.9 Å². The summed E-state index contributed by atoms with van der Waals surface area (Å²) in [5, 5.41) is 6.51. The first-order valence-electron chi connectivity index (χ1n) is 6.89. The van der Waals surface area contributed by atoms with Crippen molar-refractivity contribution in [1.29, 1.82) is 0 Å². The molecular weight excluding hydrogens is 242 g/mol. The normalized spacial score (nSPS) is 23.3. The van der Waals surface area contributed by atoms with Crippen molar-refractivity contribution < 1.29 is 9.53 Å². The maximum atomic E-state index is 12.3. The predicted octanol–water partition coefficient (Wildman–Crippen LogP) is 1.00. The van der Waals surface area contributed by atoms with Gasteiger partial charge in [-0.1, -0.05) is 0 Å². The SMILES string of the molecule is COCCn1cccc1C(=O)NC1CCNC(C)C1. The number of methoxy groups -OCH3 is 1. The summed E-state index contributed by atoms with van der Waals surface area (Å²) in [4.78, 5) is 12.3. The highest BCUT2D eigenvalue weighted by atomic mass is 16.5. The van der Waals surface area contributed by atoms with Crippen LogP contribution in [0.3, 0.4) is 0 Å². The van der Waals surface area contributed by atoms with Gasteiger partial charge in [-0.05, 0) is 38.4 Å². The molecule has 1 aromatic heterocycles. The van der Waals surface area contributed by atoms with E-state index in [0.29, 0.717) is 24.9 Å². The summed E-state index contributed by atoms with van der Waals surface area (Å²) < 4.78 is 6.99. The number of nitrogens with zero attached hydrogens (tertiary/aromatic N) is 1. The number of hydrogen-bond donors (Lipinski definition) is 2. The summed E-state index contributed by atoms with van der Waals surface area (Å²) in [5.41, 5.74) is 0.711. The Kier molecular flexibility index (Phi) is 4.99. The number of carbonyl (C=O) groups is 1. The highest BCUT2D eigenvalue weighted by Crippen LogP contribution is 2.10. The molecule has 0 aliphatic carbocycles. The van der Waals surface area contributed by atoms with Gasteiger partial charge in [0.1, 0.15) is 5.69 Å². The van der Waals surface area contributed by atoms with Crippen LogP contribution in [0.1, 0.15) is 30.3 Å². The number of hydrogen-bond acceptors (Lipinski definition) is 3. The molecule has 1 aromatic rings. The molecule has 1 amide bonds. The monoisotopic (exact) mass is 265 g/mol. The molecule has 2 unspecified atom stereocenters. The molecule has 0 saturated carbocycles. The van der Waals surface area contributed by atoms with Gasteiger partial charge in [-0.2, -0.15) is 0 Å². The van der Waals surface area contributed by atoms with Crippen molar-refractivity contribution in [2.45, 2.75) is 38.4 Å². The van der Waals surface area contributed by atoms with Crippen LogP contribution in [0.25, 0.3) is 0 Å². The number of carbonyl (C=O) groups excluding carboxylic acids is 1. The van der Waals surface area contributed by atoms with Crippen molar-refractivity contribution in [1.82, 2.24) is 15.2 Å². The Hall–Kier alpha value is -1.33. The molecule has 5 heteroatoms. The van der Waals surface area contributed by atoms with E-state index < -0.39 is 0 Å². The average molecular weight is 265 g/mol. The summed E-state index contributed by atoms with van der Waals surface area (Å²) in [6, 6.07) is 4.50. The first-order chi connectivity index (χ1) is 9.20. The third kappa shape index (κ3) is 3.81. The van der Waals surface area contributed by atoms with E-state index in [9.17, 15) is 4.79 Å². The summed E-state index contributed by atoms with van der Waals surface area (Å²) >= 11 is 0. The first-order valence-corrected chi connectivity index (χ1v) is 6.89. The van der Waals surface area contributed by atoms with E-state index in [1.54, 1.807) is 7.11 Å². The van der Waals surface area contributed by atoms with Gasteiger partial charge in [0.2, 0.25) is 0 Å². The average Bonchev–Trinajstić information content (AvgIpc) is 2.84. The summed E-state index contributed by atoms with van der Waals surface area (Å²) in [7, 11) is 1.67. The standard InChI is InChI=1S/C14H23N3O2/c1-11-10-12(5-6-15-11)16-14(18)13-4-3-7-17(13)8-9-19-2/h3-4,7,11-12,15H,5-6,8-10H2,1-2H3,(H,16,18). The molecule has 2 atom stereocenters. The van der Waals surface area contributed by atoms with Gasteiger partial charge in [0.25, 0.3) is 5.91 Å². The second-order valence-corrected chi connectivity index (χ2v) is 5.13. The minimum absolute atomic E-state index is 0.0141. The maximum absolute atomic E-state index is 12.3. The molecular formula is C14H23N3O2. The summed E-state index contributed by atoms with van der Waals surface area (Å²) in [5.74, 6) is 0.0141. The van der Waals surface area contributed by atoms with Gasteiger partial charge in [-0.3, -0.25) is 4.79 Å². The fraction of sp³-hybridized carbons (Fsp3) is 0.643. The van der Waals surface area contributed by atoms with Crippen LogP contribution in [0, 0.1) is 0 Å². The first kappa shape index (κ1) is 14.1. The van der Waals surface area contributed by atoms with Crippen molar-refractivity contribution in [2.75, 3.05) is 20.3 Å². The number of amides is 1. The maximum Gasteiger partial charge on any atom is 0.268 e. The lowest BCUT2D eigenvalue weighted by Gasteiger charge is -2.28. The molecule has 1 aliphatic rings. The summed E-state index contributed by atoms with van der Waals surface area (Å²) in [6.07, 6.45) is 3.90. The fourth-order valence-corrected chi connectivity index (χ4v) is 2.53. The number of nitrogens with one attached hydrogen (secondary N) is 2. The third-order valence-electron chi connectivity index (χ3n) is 3.56. The molecule has 1 fully saturated rings. The molecule has 2 heterocycles. The van der Waals surface area contributed by atoms with Gasteiger partial charge in [0.05, 0.1) is 6.61 Å². The molecule has 0 radical (unpaired) electrons. The van der Waals surface area contributed by atoms with Gasteiger partial charge < -0.3 is 19.9 Å². The quantitative estimate of drug-likeness (QED) is 0.835. The lowest BCUT2D eigenvalue weighted by molar-refractivity contribution is 0.0913. The highest BCUT2D eigenvalue weighted by Gasteiger charge is 2.21. The molecule has 0 aromatic carbocycles. The largest absolute Gasteiger partial charge is 0.383 e. The molecule has 5 nitrogen and oxygen atoms in total. The predicted molar refractivity (Wildman–Crippen MR) is 74.3 cm³/mol. The van der Waals surface area contributed by atoms with E-state index in [0.717, 1.165) is 19.4 Å². The Labute approximate surface area is 114 Å². The van der Waals surface area contributed by atoms with E-state index in [2.05, 4.69) is 17.6 Å². The van der Waals surface area contributed by atoms with Gasteiger partial charge in [-0.15, -0.1) is 0 Å². The van der Waals surface area contributed by atoms with Gasteiger partial charge >= 0.3 is 0 Å². The minimum atomic E-state index is 0.0141. The van der Waals surface area contributed by atoms with Crippen LogP contribution >= 0.6 is 0 Å². The van der Waals surface area contributed by atoms with E-state index in [-0.39, 0.29) is 11.9 Å². The smallest absolute Gasteiger partial charge is 0.268 e. The van der Waals surface area contributed by atoms with E-state index >= 15 is 0 Å². The van der Waals surface area contributed by atoms with Gasteiger partial charge in [-0.25, -0.2) is 0 Å². The zero-order chi connectivity index (χ0) is 13.7. The van der Waals surface area contributed by atoms with E-state index in [4.69, 9.17) is 4.74 Å². The van der Waals surface area contributed by atoms with Crippen LogP contribution in [0.2, 0.25) is 0 Å². The van der Waals surface area contributed by atoms with Crippen molar-refractivity contribution >= 4 is 5.91 Å². The molecule has 106 valence electrons. The molecule has 0 spiro atoms. The lowest BCUT2D eigenvalue weighted by Crippen LogP contribution is -2.46. The highest BCUT2D eigenvalue weighted by molar-refractivity contribution is 5.92. The van der Waals surface area contributed by atoms with Crippen molar-refractivity contribution in [3.63, 3.8) is 0 Å². The Morgan fingerprint density at radius 3 is 3.21 bits per heavy atom. The molecule has 1 saturated heterocycles. The van der Waals surface area contributed by atoms with E-state index in [1.165, 1.54) is 0 Å². The third-order valence-corrected chi connectivity index (χ3v) is 3.56. The van der Waals surface area contributed by atoms with Crippen LogP contribution < -0.4 is 10.6 Å². The van der Waals surface area contributed by atoms with Crippen molar-refractivity contribution in [3.05, 3.63) is 24.0 Å². The van der Waals surface area contributed by atoms with Crippen LogP contribution in [0.4, 0.5) is 0 Å². The van der Waals surface area contributed by atoms with Crippen molar-refractivity contribution in [3.8, 4) is 0 Å². The summed E-state index contributed by atoms with van der Waals surface area (Å²) in [6.45, 7) is 4.44. The van der Waals surface area contributed by atoms with Crippen LogP contribution in [0.15, 0.2) is 18.3 Å². The lowest BCUT2D eigenvalue weighted by atomic mass is 10.0. The van der Waals surface area contributed by atoms with Crippen LogP contribution in [-0.4, -0.2) is 42.8 Å². The zero-order valence-electron chi connectivity index (χ0n) is 11.7. The molecule has 2 N–H and O–H groups in total. The molecule has 0 bridgehead atoms. The Bertz CT molecular complexity index is 417. The Morgan fingerprint density at radius 2 is 2.47 bits per heavy atom. The van der Waals surface area contributed by atoms with Crippen LogP contribution in [-0.2, 0) is 11.3 Å². The van der Waals surface area contributed by atoms with Gasteiger partial charge in [0, 0.05) is 31.9 Å².